The van der Waals surface area contributed by atoms with E-state index in [0.29, 0.717) is 5.41 Å². The number of hydrogen-bond donors (Lipinski definition) is 0. The van der Waals surface area contributed by atoms with E-state index in [2.05, 4.69) is 56.3 Å². The summed E-state index contributed by atoms with van der Waals surface area (Å²) in [6.45, 7) is 5.37. The van der Waals surface area contributed by atoms with E-state index in [0.717, 1.165) is 12.4 Å². The Labute approximate surface area is 113 Å². The van der Waals surface area contributed by atoms with E-state index in [1.54, 1.807) is 0 Å². The molecule has 1 fully saturated rings. The van der Waals surface area contributed by atoms with Gasteiger partial charge in [-0.1, -0.05) is 56.3 Å². The summed E-state index contributed by atoms with van der Waals surface area (Å²) in [7, 11) is 0. The maximum Gasteiger partial charge on any atom is 0.129 e. The van der Waals surface area contributed by atoms with Crippen molar-refractivity contribution in [2.75, 3.05) is 12.4 Å². The van der Waals surface area contributed by atoms with Gasteiger partial charge in [0.25, 0.3) is 0 Å². The first kappa shape index (κ1) is 12.1. The monoisotopic (exact) mass is 258 g/mol. The molecule has 1 nitrogen and oxygen atoms in total. The minimum atomic E-state index is 0.184. The lowest BCUT2D eigenvalue weighted by Crippen LogP contribution is -2.28. The first-order valence-electron chi connectivity index (χ1n) is 6.37. The van der Waals surface area contributed by atoms with Gasteiger partial charge < -0.3 is 4.74 Å². The highest BCUT2D eigenvalue weighted by molar-refractivity contribution is 7.99. The minimum Gasteiger partial charge on any atom is -0.362 e. The smallest absolute Gasteiger partial charge is 0.129 e. The lowest BCUT2D eigenvalue weighted by Gasteiger charge is -2.34. The van der Waals surface area contributed by atoms with Crippen molar-refractivity contribution in [3.8, 4) is 0 Å². The van der Waals surface area contributed by atoms with Gasteiger partial charge in [0.15, 0.2) is 0 Å². The largest absolute Gasteiger partial charge is 0.362 e. The van der Waals surface area contributed by atoms with Crippen LogP contribution in [0.1, 0.15) is 24.8 Å². The first-order valence-corrected chi connectivity index (χ1v) is 7.41. The van der Waals surface area contributed by atoms with Gasteiger partial charge in [-0.2, -0.15) is 0 Å². The fourth-order valence-corrected chi connectivity index (χ4v) is 3.56. The van der Waals surface area contributed by atoms with E-state index in [9.17, 15) is 0 Å². The number of thioether (sulfide) groups is 1. The van der Waals surface area contributed by atoms with Crippen molar-refractivity contribution >= 4 is 22.5 Å². The Hall–Kier alpha value is -0.990. The van der Waals surface area contributed by atoms with Crippen LogP contribution in [0.15, 0.2) is 42.5 Å². The molecule has 2 aromatic rings. The molecular formula is C16H18OS. The molecule has 0 bridgehead atoms. The van der Waals surface area contributed by atoms with Crippen molar-refractivity contribution in [3.63, 3.8) is 0 Å². The van der Waals surface area contributed by atoms with Crippen LogP contribution >= 0.6 is 11.8 Å². The molecule has 0 radical (unpaired) electrons. The molecule has 1 heterocycles. The molecule has 1 atom stereocenters. The molecule has 2 heteroatoms. The van der Waals surface area contributed by atoms with E-state index in [1.807, 2.05) is 11.8 Å². The number of hydrogen-bond acceptors (Lipinski definition) is 2. The number of benzene rings is 2. The van der Waals surface area contributed by atoms with Crippen LogP contribution < -0.4 is 0 Å². The Morgan fingerprint density at radius 1 is 1.11 bits per heavy atom. The average Bonchev–Trinajstić information content (AvgIpc) is 2.38. The zero-order valence-electron chi connectivity index (χ0n) is 10.8. The summed E-state index contributed by atoms with van der Waals surface area (Å²) in [6, 6.07) is 15.0. The fraction of sp³-hybridized carbons (Fsp3) is 0.375. The van der Waals surface area contributed by atoms with Crippen molar-refractivity contribution in [3.05, 3.63) is 48.0 Å². The molecular weight excluding hydrogens is 240 g/mol. The Balaban J connectivity index is 1.96. The van der Waals surface area contributed by atoms with E-state index in [-0.39, 0.29) is 5.44 Å². The second-order valence-corrected chi connectivity index (χ2v) is 6.74. The van der Waals surface area contributed by atoms with Crippen LogP contribution in [0.25, 0.3) is 10.8 Å². The molecule has 18 heavy (non-hydrogen) atoms. The predicted octanol–water partition coefficient (Wildman–Crippen LogP) is 4.63. The highest BCUT2D eigenvalue weighted by atomic mass is 32.2. The van der Waals surface area contributed by atoms with Crippen LogP contribution in [-0.4, -0.2) is 12.4 Å². The molecule has 1 aliphatic heterocycles. The quantitative estimate of drug-likeness (QED) is 0.737. The summed E-state index contributed by atoms with van der Waals surface area (Å²) in [4.78, 5) is 0. The molecule has 1 aliphatic rings. The molecule has 0 amide bonds. The number of rotatable bonds is 1. The number of ether oxygens (including phenoxy) is 1. The average molecular weight is 258 g/mol. The van der Waals surface area contributed by atoms with Gasteiger partial charge in [0.05, 0.1) is 6.61 Å². The molecule has 0 N–H and O–H groups in total. The zero-order valence-corrected chi connectivity index (χ0v) is 11.7. The summed E-state index contributed by atoms with van der Waals surface area (Å²) in [5, 5.41) is 2.61. The van der Waals surface area contributed by atoms with Gasteiger partial charge >= 0.3 is 0 Å². The van der Waals surface area contributed by atoms with Crippen LogP contribution in [0.3, 0.4) is 0 Å². The van der Waals surface area contributed by atoms with Gasteiger partial charge in [-0.25, -0.2) is 0 Å². The maximum atomic E-state index is 6.05. The van der Waals surface area contributed by atoms with Crippen LogP contribution in [-0.2, 0) is 4.74 Å². The Morgan fingerprint density at radius 2 is 1.89 bits per heavy atom. The third-order valence-corrected chi connectivity index (χ3v) is 4.97. The topological polar surface area (TPSA) is 9.23 Å². The third-order valence-electron chi connectivity index (χ3n) is 3.33. The van der Waals surface area contributed by atoms with Crippen molar-refractivity contribution in [1.82, 2.24) is 0 Å². The molecule has 3 rings (SSSR count). The molecule has 1 unspecified atom stereocenters. The SMILES string of the molecule is CC1(C)COC(c2cccc3ccccc23)SC1. The van der Waals surface area contributed by atoms with Gasteiger partial charge in [-0.15, -0.1) is 11.8 Å². The Morgan fingerprint density at radius 3 is 2.67 bits per heavy atom. The molecule has 1 saturated heterocycles. The van der Waals surface area contributed by atoms with E-state index < -0.39 is 0 Å². The molecule has 0 aliphatic carbocycles. The van der Waals surface area contributed by atoms with E-state index in [1.165, 1.54) is 16.3 Å². The van der Waals surface area contributed by atoms with Gasteiger partial charge in [0.1, 0.15) is 5.44 Å². The van der Waals surface area contributed by atoms with Gasteiger partial charge in [-0.05, 0) is 21.8 Å². The second-order valence-electron chi connectivity index (χ2n) is 5.69. The number of fused-ring (bicyclic) bond motifs is 1. The Bertz CT molecular complexity index is 547. The maximum absolute atomic E-state index is 6.05. The minimum absolute atomic E-state index is 0.184. The molecule has 0 aromatic heterocycles. The summed E-state index contributed by atoms with van der Waals surface area (Å²) in [5.41, 5.74) is 1.80. The summed E-state index contributed by atoms with van der Waals surface area (Å²) in [6.07, 6.45) is 0. The third kappa shape index (κ3) is 2.27. The molecule has 0 spiro atoms. The van der Waals surface area contributed by atoms with E-state index >= 15 is 0 Å². The van der Waals surface area contributed by atoms with Crippen LogP contribution in [0.2, 0.25) is 0 Å². The highest BCUT2D eigenvalue weighted by Gasteiger charge is 2.29. The van der Waals surface area contributed by atoms with Gasteiger partial charge in [0, 0.05) is 5.75 Å². The van der Waals surface area contributed by atoms with Gasteiger partial charge in [0.2, 0.25) is 0 Å². The molecule has 0 saturated carbocycles. The molecule has 94 valence electrons. The van der Waals surface area contributed by atoms with Crippen molar-refractivity contribution in [2.24, 2.45) is 5.41 Å². The van der Waals surface area contributed by atoms with Crippen LogP contribution in [0.4, 0.5) is 0 Å². The fourth-order valence-electron chi connectivity index (χ4n) is 2.33. The standard InChI is InChI=1S/C16H18OS/c1-16(2)10-17-15(18-11-16)14-9-5-7-12-6-3-4-8-13(12)14/h3-9,15H,10-11H2,1-2H3. The zero-order chi connectivity index (χ0) is 12.6. The van der Waals surface area contributed by atoms with Gasteiger partial charge in [-0.3, -0.25) is 0 Å². The van der Waals surface area contributed by atoms with Crippen LogP contribution in [0, 0.1) is 5.41 Å². The first-order chi connectivity index (χ1) is 8.66. The lowest BCUT2D eigenvalue weighted by molar-refractivity contribution is 0.0447. The summed E-state index contributed by atoms with van der Waals surface area (Å²) >= 11 is 1.92. The van der Waals surface area contributed by atoms with Crippen molar-refractivity contribution in [2.45, 2.75) is 19.3 Å². The highest BCUT2D eigenvalue weighted by Crippen LogP contribution is 2.42. The summed E-state index contributed by atoms with van der Waals surface area (Å²) in [5.74, 6) is 1.15. The van der Waals surface area contributed by atoms with E-state index in [4.69, 9.17) is 4.74 Å². The van der Waals surface area contributed by atoms with Crippen LogP contribution in [0.5, 0.6) is 0 Å². The normalized spacial score (nSPS) is 23.1. The Kier molecular flexibility index (Phi) is 3.08. The lowest BCUT2D eigenvalue weighted by atomic mass is 9.98. The summed E-state index contributed by atoms with van der Waals surface area (Å²) < 4.78 is 6.05. The van der Waals surface area contributed by atoms with Crippen molar-refractivity contribution < 1.29 is 4.74 Å². The second kappa shape index (κ2) is 4.60. The predicted molar refractivity (Wildman–Crippen MR) is 78.9 cm³/mol. The molecule has 2 aromatic carbocycles. The van der Waals surface area contributed by atoms with Crippen molar-refractivity contribution in [1.29, 1.82) is 0 Å².